The van der Waals surface area contributed by atoms with Crippen LogP contribution < -0.4 is 20.7 Å². The molecule has 2 amide bonds. The van der Waals surface area contributed by atoms with Gasteiger partial charge in [-0.2, -0.15) is 0 Å². The first-order chi connectivity index (χ1) is 15.1. The van der Waals surface area contributed by atoms with Crippen LogP contribution in [0.1, 0.15) is 16.8 Å². The molecule has 3 aromatic carbocycles. The molecule has 6 nitrogen and oxygen atoms in total. The summed E-state index contributed by atoms with van der Waals surface area (Å²) in [6.07, 6.45) is 0.745. The van der Waals surface area contributed by atoms with Crippen LogP contribution >= 0.6 is 0 Å². The first-order valence-corrected chi connectivity index (χ1v) is 9.97. The Kier molecular flexibility index (Phi) is 7.99. The Hall–Kier alpha value is -3.87. The molecule has 3 rings (SSSR count). The van der Waals surface area contributed by atoms with Crippen LogP contribution in [0.2, 0.25) is 0 Å². The zero-order chi connectivity index (χ0) is 21.9. The summed E-state index contributed by atoms with van der Waals surface area (Å²) in [5.41, 5.74) is 1.43. The van der Waals surface area contributed by atoms with Crippen LogP contribution in [-0.4, -0.2) is 31.5 Å². The van der Waals surface area contributed by atoms with E-state index in [4.69, 9.17) is 4.74 Å². The van der Waals surface area contributed by atoms with Gasteiger partial charge in [0.15, 0.2) is 6.61 Å². The second-order valence-electron chi connectivity index (χ2n) is 6.72. The maximum absolute atomic E-state index is 13.6. The number of carbonyl (C=O) groups is 2. The summed E-state index contributed by atoms with van der Waals surface area (Å²) in [5.74, 6) is -1.06. The molecule has 0 atom stereocenters. The van der Waals surface area contributed by atoms with Crippen molar-refractivity contribution in [2.45, 2.75) is 6.42 Å². The predicted octanol–water partition coefficient (Wildman–Crippen LogP) is 4.08. The fourth-order valence-corrected chi connectivity index (χ4v) is 2.85. The van der Waals surface area contributed by atoms with Crippen LogP contribution in [0.3, 0.4) is 0 Å². The second-order valence-corrected chi connectivity index (χ2v) is 6.72. The fraction of sp³-hybridized carbons (Fsp3) is 0.167. The lowest BCUT2D eigenvalue weighted by atomic mass is 10.2. The lowest BCUT2D eigenvalue weighted by molar-refractivity contribution is -0.118. The topological polar surface area (TPSA) is 79.5 Å². The van der Waals surface area contributed by atoms with Crippen LogP contribution in [0.15, 0.2) is 78.9 Å². The van der Waals surface area contributed by atoms with Crippen molar-refractivity contribution in [2.75, 3.05) is 30.3 Å². The number of ether oxygens (including phenoxy) is 1. The molecule has 0 radical (unpaired) electrons. The molecular weight excluding hydrogens is 397 g/mol. The third-order valence-corrected chi connectivity index (χ3v) is 4.38. The minimum atomic E-state index is -0.530. The van der Waals surface area contributed by atoms with Gasteiger partial charge in [-0.3, -0.25) is 9.59 Å². The molecule has 160 valence electrons. The first kappa shape index (κ1) is 21.8. The van der Waals surface area contributed by atoms with Gasteiger partial charge in [-0.1, -0.05) is 42.5 Å². The van der Waals surface area contributed by atoms with Crippen LogP contribution in [0, 0.1) is 5.82 Å². The molecule has 0 saturated carbocycles. The molecule has 0 spiro atoms. The van der Waals surface area contributed by atoms with Gasteiger partial charge < -0.3 is 20.7 Å². The number of hydrogen-bond acceptors (Lipinski definition) is 4. The van der Waals surface area contributed by atoms with E-state index in [1.165, 1.54) is 18.2 Å². The fourth-order valence-electron chi connectivity index (χ4n) is 2.85. The van der Waals surface area contributed by atoms with Crippen molar-refractivity contribution in [1.29, 1.82) is 0 Å². The average molecular weight is 421 g/mol. The first-order valence-electron chi connectivity index (χ1n) is 9.97. The van der Waals surface area contributed by atoms with E-state index in [2.05, 4.69) is 16.0 Å². The molecule has 7 heteroatoms. The van der Waals surface area contributed by atoms with Crippen molar-refractivity contribution >= 4 is 23.2 Å². The highest BCUT2D eigenvalue weighted by atomic mass is 19.1. The van der Waals surface area contributed by atoms with Gasteiger partial charge in [0, 0.05) is 18.8 Å². The minimum Gasteiger partial charge on any atom is -0.483 e. The van der Waals surface area contributed by atoms with E-state index < -0.39 is 11.7 Å². The molecule has 3 N–H and O–H groups in total. The zero-order valence-corrected chi connectivity index (χ0v) is 16.9. The highest BCUT2D eigenvalue weighted by Crippen LogP contribution is 2.18. The lowest BCUT2D eigenvalue weighted by Gasteiger charge is -2.12. The Morgan fingerprint density at radius 2 is 1.55 bits per heavy atom. The van der Waals surface area contributed by atoms with Crippen molar-refractivity contribution in [1.82, 2.24) is 5.32 Å². The average Bonchev–Trinajstić information content (AvgIpc) is 2.80. The number of benzene rings is 3. The number of hydrogen-bond donors (Lipinski definition) is 3. The van der Waals surface area contributed by atoms with Crippen molar-refractivity contribution in [3.8, 4) is 5.75 Å². The molecule has 3 aromatic rings. The SMILES string of the molecule is O=C(COc1ccccc1C(=O)NCCCNc1ccccc1)Nc1ccccc1F. The number of halogens is 1. The number of nitrogens with one attached hydrogen (secondary N) is 3. The highest BCUT2D eigenvalue weighted by molar-refractivity contribution is 5.97. The molecule has 0 aromatic heterocycles. The Labute approximate surface area is 180 Å². The van der Waals surface area contributed by atoms with Gasteiger partial charge in [0.1, 0.15) is 11.6 Å². The number of amides is 2. The normalized spacial score (nSPS) is 10.2. The summed E-state index contributed by atoms with van der Waals surface area (Å²) >= 11 is 0. The minimum absolute atomic E-state index is 0.0752. The molecule has 0 saturated heterocycles. The van der Waals surface area contributed by atoms with Gasteiger partial charge in [-0.05, 0) is 42.8 Å². The van der Waals surface area contributed by atoms with E-state index in [9.17, 15) is 14.0 Å². The second kappa shape index (κ2) is 11.3. The maximum Gasteiger partial charge on any atom is 0.262 e. The monoisotopic (exact) mass is 421 g/mol. The summed E-state index contributed by atoms with van der Waals surface area (Å²) < 4.78 is 19.1. The number of anilines is 2. The van der Waals surface area contributed by atoms with Crippen LogP contribution in [-0.2, 0) is 4.79 Å². The van der Waals surface area contributed by atoms with Gasteiger partial charge in [-0.25, -0.2) is 4.39 Å². The van der Waals surface area contributed by atoms with Gasteiger partial charge in [0.2, 0.25) is 0 Å². The number of carbonyl (C=O) groups excluding carboxylic acids is 2. The Balaban J connectivity index is 1.46. The van der Waals surface area contributed by atoms with Crippen molar-refractivity contribution in [3.63, 3.8) is 0 Å². The van der Waals surface area contributed by atoms with E-state index >= 15 is 0 Å². The summed E-state index contributed by atoms with van der Waals surface area (Å²) in [5, 5.41) is 8.58. The van der Waals surface area contributed by atoms with Crippen LogP contribution in [0.4, 0.5) is 15.8 Å². The molecule has 0 unspecified atom stereocenters. The summed E-state index contributed by atoms with van der Waals surface area (Å²) in [7, 11) is 0. The van der Waals surface area contributed by atoms with E-state index in [1.54, 1.807) is 30.3 Å². The van der Waals surface area contributed by atoms with Crippen LogP contribution in [0.25, 0.3) is 0 Å². The molecule has 0 heterocycles. The zero-order valence-electron chi connectivity index (χ0n) is 16.9. The Morgan fingerprint density at radius 3 is 2.35 bits per heavy atom. The molecule has 0 aliphatic carbocycles. The van der Waals surface area contributed by atoms with E-state index in [0.29, 0.717) is 12.1 Å². The molecule has 0 aliphatic rings. The van der Waals surface area contributed by atoms with E-state index in [-0.39, 0.29) is 24.0 Å². The number of para-hydroxylation sites is 3. The third-order valence-electron chi connectivity index (χ3n) is 4.38. The molecular formula is C24H24FN3O3. The molecule has 0 fully saturated rings. The summed E-state index contributed by atoms with van der Waals surface area (Å²) in [6.45, 7) is 0.860. The standard InChI is InChI=1S/C24H24FN3O3/c25-20-12-5-6-13-21(20)28-23(29)17-31-22-14-7-4-11-19(22)24(30)27-16-8-15-26-18-9-2-1-3-10-18/h1-7,9-14,26H,8,15-17H2,(H,27,30)(H,28,29). The van der Waals surface area contributed by atoms with Gasteiger partial charge in [0.25, 0.3) is 11.8 Å². The van der Waals surface area contributed by atoms with Crippen molar-refractivity contribution in [3.05, 3.63) is 90.2 Å². The summed E-state index contributed by atoms with van der Waals surface area (Å²) in [6, 6.07) is 22.4. The molecule has 31 heavy (non-hydrogen) atoms. The van der Waals surface area contributed by atoms with E-state index in [1.807, 2.05) is 30.3 Å². The smallest absolute Gasteiger partial charge is 0.262 e. The largest absolute Gasteiger partial charge is 0.483 e. The summed E-state index contributed by atoms with van der Waals surface area (Å²) in [4.78, 5) is 24.6. The Morgan fingerprint density at radius 1 is 0.839 bits per heavy atom. The highest BCUT2D eigenvalue weighted by Gasteiger charge is 2.13. The predicted molar refractivity (Wildman–Crippen MR) is 119 cm³/mol. The molecule has 0 bridgehead atoms. The van der Waals surface area contributed by atoms with Gasteiger partial charge in [-0.15, -0.1) is 0 Å². The third kappa shape index (κ3) is 6.85. The maximum atomic E-state index is 13.6. The number of rotatable bonds is 10. The van der Waals surface area contributed by atoms with E-state index in [0.717, 1.165) is 18.7 Å². The van der Waals surface area contributed by atoms with Crippen LogP contribution in [0.5, 0.6) is 5.75 Å². The van der Waals surface area contributed by atoms with Crippen molar-refractivity contribution < 1.29 is 18.7 Å². The quantitative estimate of drug-likeness (QED) is 0.431. The van der Waals surface area contributed by atoms with Gasteiger partial charge in [0.05, 0.1) is 11.3 Å². The molecule has 0 aliphatic heterocycles. The Bertz CT molecular complexity index is 1010. The van der Waals surface area contributed by atoms with Gasteiger partial charge >= 0.3 is 0 Å². The lowest BCUT2D eigenvalue weighted by Crippen LogP contribution is -2.27. The van der Waals surface area contributed by atoms with Crippen molar-refractivity contribution in [2.24, 2.45) is 0 Å².